The Morgan fingerprint density at radius 1 is 1.12 bits per heavy atom. The summed E-state index contributed by atoms with van der Waals surface area (Å²) in [4.78, 5) is 28.7. The van der Waals surface area contributed by atoms with Crippen LogP contribution < -0.4 is 4.74 Å². The van der Waals surface area contributed by atoms with Crippen molar-refractivity contribution in [3.05, 3.63) is 29.3 Å². The predicted molar refractivity (Wildman–Crippen MR) is 94.5 cm³/mol. The Bertz CT molecular complexity index is 668. The number of ether oxygens (including phenoxy) is 1. The molecule has 6 heteroatoms. The van der Waals surface area contributed by atoms with Crippen molar-refractivity contribution in [3.63, 3.8) is 0 Å². The van der Waals surface area contributed by atoms with E-state index in [1.54, 1.807) is 11.0 Å². The topological polar surface area (TPSA) is 49.9 Å². The third-order valence-electron chi connectivity index (χ3n) is 5.56. The fourth-order valence-electron chi connectivity index (χ4n) is 4.14. The lowest BCUT2D eigenvalue weighted by Crippen LogP contribution is -2.57. The molecule has 2 saturated heterocycles. The number of nitrogens with zero attached hydrogens (tertiary/aromatic N) is 2. The maximum Gasteiger partial charge on any atom is 0.228 e. The molecule has 2 amide bonds. The average molecular weight is 363 g/mol. The SMILES string of the molecule is O=C([C@@H]1CC(=O)N(C2CCCC2)C1)N1CC(Oc2ccccc2Cl)C1. The molecule has 2 heterocycles. The van der Waals surface area contributed by atoms with E-state index in [2.05, 4.69) is 0 Å². The van der Waals surface area contributed by atoms with E-state index >= 15 is 0 Å². The Balaban J connectivity index is 1.29. The summed E-state index contributed by atoms with van der Waals surface area (Å²) >= 11 is 6.10. The van der Waals surface area contributed by atoms with Gasteiger partial charge in [-0.15, -0.1) is 0 Å². The zero-order valence-corrected chi connectivity index (χ0v) is 15.0. The Kier molecular flexibility index (Phi) is 4.59. The van der Waals surface area contributed by atoms with Crippen LogP contribution in [0.5, 0.6) is 5.75 Å². The van der Waals surface area contributed by atoms with Crippen molar-refractivity contribution >= 4 is 23.4 Å². The minimum absolute atomic E-state index is 0.0214. The lowest BCUT2D eigenvalue weighted by atomic mass is 10.0. The highest BCUT2D eigenvalue weighted by molar-refractivity contribution is 6.32. The third-order valence-corrected chi connectivity index (χ3v) is 5.88. The van der Waals surface area contributed by atoms with Crippen LogP contribution in [0.4, 0.5) is 0 Å². The van der Waals surface area contributed by atoms with Crippen LogP contribution >= 0.6 is 11.6 Å². The van der Waals surface area contributed by atoms with Gasteiger partial charge in [0.05, 0.1) is 24.0 Å². The van der Waals surface area contributed by atoms with Crippen LogP contribution in [0.25, 0.3) is 0 Å². The zero-order chi connectivity index (χ0) is 17.4. The van der Waals surface area contributed by atoms with Crippen LogP contribution in [-0.2, 0) is 9.59 Å². The van der Waals surface area contributed by atoms with Crippen molar-refractivity contribution in [2.75, 3.05) is 19.6 Å². The fraction of sp³-hybridized carbons (Fsp3) is 0.579. The molecule has 3 aliphatic rings. The molecular formula is C19H23ClN2O3. The van der Waals surface area contributed by atoms with Gasteiger partial charge >= 0.3 is 0 Å². The summed E-state index contributed by atoms with van der Waals surface area (Å²) < 4.78 is 5.84. The van der Waals surface area contributed by atoms with E-state index in [0.29, 0.717) is 42.9 Å². The second kappa shape index (κ2) is 6.87. The first-order valence-electron chi connectivity index (χ1n) is 9.11. The number of hydrogen-bond donors (Lipinski definition) is 0. The number of benzene rings is 1. The van der Waals surface area contributed by atoms with Crippen LogP contribution in [0, 0.1) is 5.92 Å². The summed E-state index contributed by atoms with van der Waals surface area (Å²) in [6.07, 6.45) is 4.91. The average Bonchev–Trinajstić information content (AvgIpc) is 3.20. The van der Waals surface area contributed by atoms with Crippen LogP contribution in [0.15, 0.2) is 24.3 Å². The molecule has 1 saturated carbocycles. The lowest BCUT2D eigenvalue weighted by Gasteiger charge is -2.40. The zero-order valence-electron chi connectivity index (χ0n) is 14.2. The second-order valence-electron chi connectivity index (χ2n) is 7.30. The van der Waals surface area contributed by atoms with Gasteiger partial charge in [0.15, 0.2) is 0 Å². The van der Waals surface area contributed by atoms with Crippen molar-refractivity contribution < 1.29 is 14.3 Å². The van der Waals surface area contributed by atoms with Gasteiger partial charge in [0.2, 0.25) is 11.8 Å². The van der Waals surface area contributed by atoms with Crippen molar-refractivity contribution in [1.82, 2.24) is 9.80 Å². The number of likely N-dealkylation sites (tertiary alicyclic amines) is 2. The minimum Gasteiger partial charge on any atom is -0.485 e. The Morgan fingerprint density at radius 2 is 1.84 bits per heavy atom. The molecular weight excluding hydrogens is 340 g/mol. The molecule has 4 rings (SSSR count). The van der Waals surface area contributed by atoms with Crippen LogP contribution in [0.1, 0.15) is 32.1 Å². The molecule has 0 spiro atoms. The van der Waals surface area contributed by atoms with E-state index in [9.17, 15) is 9.59 Å². The number of halogens is 1. The maximum absolute atomic E-state index is 12.7. The molecule has 25 heavy (non-hydrogen) atoms. The quantitative estimate of drug-likeness (QED) is 0.827. The van der Waals surface area contributed by atoms with Crippen LogP contribution in [-0.4, -0.2) is 53.4 Å². The van der Waals surface area contributed by atoms with Gasteiger partial charge in [-0.2, -0.15) is 0 Å². The molecule has 0 aromatic heterocycles. The van der Waals surface area contributed by atoms with E-state index in [0.717, 1.165) is 12.8 Å². The van der Waals surface area contributed by atoms with E-state index < -0.39 is 0 Å². The van der Waals surface area contributed by atoms with Gasteiger partial charge in [0, 0.05) is 19.0 Å². The summed E-state index contributed by atoms with van der Waals surface area (Å²) in [7, 11) is 0. The molecule has 3 fully saturated rings. The number of rotatable bonds is 4. The normalized spacial score (nSPS) is 24.7. The van der Waals surface area contributed by atoms with Gasteiger partial charge in [-0.1, -0.05) is 36.6 Å². The predicted octanol–water partition coefficient (Wildman–Crippen LogP) is 2.72. The number of carbonyl (C=O) groups excluding carboxylic acids is 2. The van der Waals surface area contributed by atoms with Gasteiger partial charge < -0.3 is 14.5 Å². The van der Waals surface area contributed by atoms with E-state index in [4.69, 9.17) is 16.3 Å². The van der Waals surface area contributed by atoms with Crippen molar-refractivity contribution in [3.8, 4) is 5.75 Å². The molecule has 1 aromatic rings. The maximum atomic E-state index is 12.7. The molecule has 0 N–H and O–H groups in total. The van der Waals surface area contributed by atoms with Crippen molar-refractivity contribution in [2.24, 2.45) is 5.92 Å². The van der Waals surface area contributed by atoms with E-state index in [1.807, 2.05) is 23.1 Å². The summed E-state index contributed by atoms with van der Waals surface area (Å²) in [6.45, 7) is 1.73. The molecule has 1 atom stereocenters. The van der Waals surface area contributed by atoms with Crippen molar-refractivity contribution in [1.29, 1.82) is 0 Å². The molecule has 1 aromatic carbocycles. The van der Waals surface area contributed by atoms with Gasteiger partial charge in [-0.3, -0.25) is 9.59 Å². The highest BCUT2D eigenvalue weighted by atomic mass is 35.5. The lowest BCUT2D eigenvalue weighted by molar-refractivity contribution is -0.144. The van der Waals surface area contributed by atoms with Crippen LogP contribution in [0.3, 0.4) is 0 Å². The first-order valence-corrected chi connectivity index (χ1v) is 9.49. The van der Waals surface area contributed by atoms with Gasteiger partial charge in [0.1, 0.15) is 11.9 Å². The molecule has 0 bridgehead atoms. The highest BCUT2D eigenvalue weighted by Gasteiger charge is 2.43. The standard InChI is InChI=1S/C19H23ClN2O3/c20-16-7-3-4-8-17(16)25-15-11-21(12-15)19(24)13-9-18(23)22(10-13)14-5-1-2-6-14/h3-4,7-8,13-15H,1-2,5-6,9-12H2/t13-/m1/s1. The molecule has 1 aliphatic carbocycles. The number of carbonyl (C=O) groups is 2. The van der Waals surface area contributed by atoms with Crippen molar-refractivity contribution in [2.45, 2.75) is 44.2 Å². The Hall–Kier alpha value is -1.75. The third kappa shape index (κ3) is 3.34. The number of para-hydroxylation sites is 1. The molecule has 134 valence electrons. The molecule has 0 unspecified atom stereocenters. The molecule has 2 aliphatic heterocycles. The molecule has 5 nitrogen and oxygen atoms in total. The minimum atomic E-state index is -0.186. The number of hydrogen-bond acceptors (Lipinski definition) is 3. The van der Waals surface area contributed by atoms with Gasteiger partial charge in [-0.05, 0) is 25.0 Å². The Labute approximate surface area is 152 Å². The first kappa shape index (κ1) is 16.7. The summed E-state index contributed by atoms with van der Waals surface area (Å²) in [5.74, 6) is 0.710. The number of amides is 2. The first-order chi connectivity index (χ1) is 12.1. The second-order valence-corrected chi connectivity index (χ2v) is 7.71. The van der Waals surface area contributed by atoms with E-state index in [-0.39, 0.29) is 23.8 Å². The highest BCUT2D eigenvalue weighted by Crippen LogP contribution is 2.32. The summed E-state index contributed by atoms with van der Waals surface area (Å²) in [5.41, 5.74) is 0. The fourth-order valence-corrected chi connectivity index (χ4v) is 4.32. The van der Waals surface area contributed by atoms with Crippen LogP contribution in [0.2, 0.25) is 5.02 Å². The van der Waals surface area contributed by atoms with E-state index in [1.165, 1.54) is 12.8 Å². The summed E-state index contributed by atoms with van der Waals surface area (Å²) in [5, 5.41) is 0.584. The summed E-state index contributed by atoms with van der Waals surface area (Å²) in [6, 6.07) is 7.73. The Morgan fingerprint density at radius 3 is 2.56 bits per heavy atom. The monoisotopic (exact) mass is 362 g/mol. The largest absolute Gasteiger partial charge is 0.485 e. The molecule has 0 radical (unpaired) electrons. The smallest absolute Gasteiger partial charge is 0.228 e. The van der Waals surface area contributed by atoms with Gasteiger partial charge in [0.25, 0.3) is 0 Å². The van der Waals surface area contributed by atoms with Gasteiger partial charge in [-0.25, -0.2) is 0 Å².